The van der Waals surface area contributed by atoms with E-state index in [1.807, 2.05) is 24.3 Å². The number of carbonyl (C=O) groups is 1. The molecule has 0 saturated carbocycles. The Morgan fingerprint density at radius 3 is 2.32 bits per heavy atom. The van der Waals surface area contributed by atoms with Gasteiger partial charge < -0.3 is 15.5 Å². The van der Waals surface area contributed by atoms with E-state index in [1.165, 1.54) is 16.7 Å². The van der Waals surface area contributed by atoms with Crippen molar-refractivity contribution < 1.29 is 15.0 Å². The van der Waals surface area contributed by atoms with Crippen molar-refractivity contribution in [1.82, 2.24) is 9.88 Å². The standard InChI is InChI=1S/C25H28N2O4/c1-15(2)19-6-5-7-20(14-19)27-13-12-16(3)22(25(27)31)24(30)26-17(4)23(29)18-8-10-21(28)11-9-18/h5-15,17,23,28-29H,1-4H3,(H,26,30)/t17-,23-/m1/s1. The van der Waals surface area contributed by atoms with Gasteiger partial charge in [-0.2, -0.15) is 0 Å². The average molecular weight is 421 g/mol. The van der Waals surface area contributed by atoms with Crippen molar-refractivity contribution in [2.24, 2.45) is 0 Å². The first-order chi connectivity index (χ1) is 14.7. The van der Waals surface area contributed by atoms with E-state index in [4.69, 9.17) is 0 Å². The highest BCUT2D eigenvalue weighted by Gasteiger charge is 2.23. The Bertz CT molecular complexity index is 1130. The number of amides is 1. The lowest BCUT2D eigenvalue weighted by Crippen LogP contribution is -2.40. The third-order valence-corrected chi connectivity index (χ3v) is 5.41. The van der Waals surface area contributed by atoms with Crippen LogP contribution in [0.2, 0.25) is 0 Å². The summed E-state index contributed by atoms with van der Waals surface area (Å²) in [5.74, 6) is -0.136. The molecule has 3 aromatic rings. The molecule has 0 aliphatic rings. The summed E-state index contributed by atoms with van der Waals surface area (Å²) in [4.78, 5) is 26.2. The molecule has 1 aromatic heterocycles. The second-order valence-corrected chi connectivity index (χ2v) is 8.10. The van der Waals surface area contributed by atoms with Gasteiger partial charge in [0.2, 0.25) is 0 Å². The lowest BCUT2D eigenvalue weighted by atomic mass is 10.0. The number of carbonyl (C=O) groups excluding carboxylic acids is 1. The Hall–Kier alpha value is -3.38. The minimum absolute atomic E-state index is 0.0437. The van der Waals surface area contributed by atoms with E-state index in [0.717, 1.165) is 5.56 Å². The minimum Gasteiger partial charge on any atom is -0.508 e. The number of nitrogens with zero attached hydrogens (tertiary/aromatic N) is 1. The fourth-order valence-corrected chi connectivity index (χ4v) is 3.46. The molecule has 3 rings (SSSR count). The van der Waals surface area contributed by atoms with E-state index < -0.39 is 23.6 Å². The van der Waals surface area contributed by atoms with Crippen molar-refractivity contribution in [2.45, 2.75) is 45.8 Å². The maximum Gasteiger partial charge on any atom is 0.268 e. The van der Waals surface area contributed by atoms with Crippen molar-refractivity contribution in [3.05, 3.63) is 93.4 Å². The zero-order chi connectivity index (χ0) is 22.7. The molecular formula is C25H28N2O4. The van der Waals surface area contributed by atoms with Gasteiger partial charge in [-0.15, -0.1) is 0 Å². The number of nitrogens with one attached hydrogen (secondary N) is 1. The van der Waals surface area contributed by atoms with Crippen LogP contribution in [0.15, 0.2) is 65.6 Å². The smallest absolute Gasteiger partial charge is 0.268 e. The van der Waals surface area contributed by atoms with Crippen LogP contribution in [0, 0.1) is 6.92 Å². The van der Waals surface area contributed by atoms with Gasteiger partial charge in [0.15, 0.2) is 0 Å². The molecule has 0 saturated heterocycles. The first kappa shape index (κ1) is 22.3. The monoisotopic (exact) mass is 420 g/mol. The first-order valence-corrected chi connectivity index (χ1v) is 10.3. The number of aliphatic hydroxyl groups is 1. The molecule has 2 atom stereocenters. The summed E-state index contributed by atoms with van der Waals surface area (Å²) in [6.45, 7) is 7.54. The number of phenolic OH excluding ortho intramolecular Hbond substituents is 1. The van der Waals surface area contributed by atoms with E-state index in [1.54, 1.807) is 38.2 Å². The summed E-state index contributed by atoms with van der Waals surface area (Å²) in [5.41, 5.74) is 2.54. The van der Waals surface area contributed by atoms with Gasteiger partial charge in [0.25, 0.3) is 11.5 Å². The molecule has 162 valence electrons. The Labute approximate surface area is 181 Å². The normalized spacial score (nSPS) is 13.1. The molecule has 2 aromatic carbocycles. The van der Waals surface area contributed by atoms with E-state index in [0.29, 0.717) is 22.7 Å². The molecule has 31 heavy (non-hydrogen) atoms. The number of rotatable bonds is 6. The quantitative estimate of drug-likeness (QED) is 0.565. The number of hydrogen-bond donors (Lipinski definition) is 3. The van der Waals surface area contributed by atoms with E-state index in [2.05, 4.69) is 19.2 Å². The SMILES string of the molecule is Cc1ccn(-c2cccc(C(C)C)c2)c(=O)c1C(=O)N[C@H](C)[C@@H](O)c1ccc(O)cc1. The molecule has 1 heterocycles. The third-order valence-electron chi connectivity index (χ3n) is 5.41. The molecule has 0 spiro atoms. The van der Waals surface area contributed by atoms with Crippen LogP contribution in [0.4, 0.5) is 0 Å². The Kier molecular flexibility index (Phi) is 6.61. The third kappa shape index (κ3) is 4.86. The summed E-state index contributed by atoms with van der Waals surface area (Å²) >= 11 is 0. The molecule has 3 N–H and O–H groups in total. The summed E-state index contributed by atoms with van der Waals surface area (Å²) in [6, 6.07) is 14.9. The molecule has 1 amide bonds. The van der Waals surface area contributed by atoms with Gasteiger partial charge in [0.05, 0.1) is 12.1 Å². The lowest BCUT2D eigenvalue weighted by Gasteiger charge is -2.21. The van der Waals surface area contributed by atoms with Crippen LogP contribution in [0.3, 0.4) is 0 Å². The van der Waals surface area contributed by atoms with Crippen LogP contribution < -0.4 is 10.9 Å². The van der Waals surface area contributed by atoms with Crippen LogP contribution in [-0.4, -0.2) is 26.7 Å². The zero-order valence-corrected chi connectivity index (χ0v) is 18.2. The molecule has 0 radical (unpaired) electrons. The zero-order valence-electron chi connectivity index (χ0n) is 18.2. The van der Waals surface area contributed by atoms with Gasteiger partial charge in [-0.3, -0.25) is 14.2 Å². The van der Waals surface area contributed by atoms with Crippen molar-refractivity contribution in [3.63, 3.8) is 0 Å². The summed E-state index contributed by atoms with van der Waals surface area (Å²) in [5, 5.41) is 22.7. The fraction of sp³-hybridized carbons (Fsp3) is 0.280. The average Bonchev–Trinajstić information content (AvgIpc) is 2.74. The Morgan fingerprint density at radius 1 is 1.00 bits per heavy atom. The van der Waals surface area contributed by atoms with E-state index >= 15 is 0 Å². The highest BCUT2D eigenvalue weighted by atomic mass is 16.3. The van der Waals surface area contributed by atoms with E-state index in [-0.39, 0.29) is 11.3 Å². The van der Waals surface area contributed by atoms with Crippen molar-refractivity contribution in [3.8, 4) is 11.4 Å². The second kappa shape index (κ2) is 9.18. The number of aromatic nitrogens is 1. The summed E-state index contributed by atoms with van der Waals surface area (Å²) in [7, 11) is 0. The van der Waals surface area contributed by atoms with Gasteiger partial charge in [0.1, 0.15) is 11.3 Å². The highest BCUT2D eigenvalue weighted by molar-refractivity contribution is 5.95. The van der Waals surface area contributed by atoms with Gasteiger partial charge in [-0.25, -0.2) is 0 Å². The van der Waals surface area contributed by atoms with Crippen molar-refractivity contribution >= 4 is 5.91 Å². The van der Waals surface area contributed by atoms with E-state index in [9.17, 15) is 19.8 Å². The highest BCUT2D eigenvalue weighted by Crippen LogP contribution is 2.20. The van der Waals surface area contributed by atoms with Crippen molar-refractivity contribution in [1.29, 1.82) is 0 Å². The van der Waals surface area contributed by atoms with Crippen LogP contribution in [0.5, 0.6) is 5.75 Å². The number of phenols is 1. The lowest BCUT2D eigenvalue weighted by molar-refractivity contribution is 0.0849. The fourth-order valence-electron chi connectivity index (χ4n) is 3.46. The maximum absolute atomic E-state index is 13.2. The predicted octanol–water partition coefficient (Wildman–Crippen LogP) is 3.83. The summed E-state index contributed by atoms with van der Waals surface area (Å²) in [6.07, 6.45) is 0.682. The topological polar surface area (TPSA) is 91.6 Å². The van der Waals surface area contributed by atoms with Crippen LogP contribution in [0.1, 0.15) is 59.8 Å². The minimum atomic E-state index is -0.987. The largest absolute Gasteiger partial charge is 0.508 e. The molecule has 0 bridgehead atoms. The first-order valence-electron chi connectivity index (χ1n) is 10.3. The van der Waals surface area contributed by atoms with Gasteiger partial charge in [-0.05, 0) is 66.8 Å². The van der Waals surface area contributed by atoms with Gasteiger partial charge in [-0.1, -0.05) is 38.1 Å². The molecule has 0 unspecified atom stereocenters. The number of pyridine rings is 1. The number of aliphatic hydroxyl groups excluding tert-OH is 1. The number of aryl methyl sites for hydroxylation is 1. The van der Waals surface area contributed by atoms with Gasteiger partial charge in [0, 0.05) is 11.9 Å². The maximum atomic E-state index is 13.2. The Balaban J connectivity index is 1.89. The number of hydrogen-bond acceptors (Lipinski definition) is 4. The Morgan fingerprint density at radius 2 is 1.68 bits per heavy atom. The molecule has 6 nitrogen and oxygen atoms in total. The molecule has 0 aliphatic carbocycles. The molecule has 0 fully saturated rings. The second-order valence-electron chi connectivity index (χ2n) is 8.10. The summed E-state index contributed by atoms with van der Waals surface area (Å²) < 4.78 is 1.47. The molecular weight excluding hydrogens is 392 g/mol. The van der Waals surface area contributed by atoms with Crippen LogP contribution >= 0.6 is 0 Å². The number of aromatic hydroxyl groups is 1. The number of benzene rings is 2. The van der Waals surface area contributed by atoms with Crippen LogP contribution in [0.25, 0.3) is 5.69 Å². The van der Waals surface area contributed by atoms with Crippen LogP contribution in [-0.2, 0) is 0 Å². The predicted molar refractivity (Wildman–Crippen MR) is 121 cm³/mol. The van der Waals surface area contributed by atoms with Gasteiger partial charge >= 0.3 is 0 Å². The molecule has 6 heteroatoms. The van der Waals surface area contributed by atoms with Crippen molar-refractivity contribution in [2.75, 3.05) is 0 Å². The molecule has 0 aliphatic heterocycles.